The van der Waals surface area contributed by atoms with Crippen molar-refractivity contribution >= 4 is 35.5 Å². The van der Waals surface area contributed by atoms with Gasteiger partial charge < -0.3 is 24.4 Å². The zero-order valence-electron chi connectivity index (χ0n) is 12.8. The lowest BCUT2D eigenvalue weighted by Crippen LogP contribution is -2.16. The van der Waals surface area contributed by atoms with Crippen molar-refractivity contribution < 1.29 is 34.0 Å². The molecule has 0 aliphatic heterocycles. The standard InChI is InChI=1S/C10H16Cl2O5.C4H6O2/c11-5-1-3-7-15-9(13)17-10(14)16-8-4-2-6-12;5-3-1-2-4-6/h1-8H2;5-6H,3-4H2. The van der Waals surface area contributed by atoms with Crippen molar-refractivity contribution in [2.75, 3.05) is 38.2 Å². The molecule has 0 radical (unpaired) electrons. The number of ether oxygens (including phenoxy) is 3. The van der Waals surface area contributed by atoms with Crippen molar-refractivity contribution in [1.82, 2.24) is 0 Å². The highest BCUT2D eigenvalue weighted by Gasteiger charge is 2.12. The fourth-order valence-corrected chi connectivity index (χ4v) is 1.32. The van der Waals surface area contributed by atoms with Gasteiger partial charge in [0.15, 0.2) is 0 Å². The Kier molecular flexibility index (Phi) is 21.8. The highest BCUT2D eigenvalue weighted by Crippen LogP contribution is 1.98. The fraction of sp³-hybridized carbons (Fsp3) is 0.714. The molecule has 0 fully saturated rings. The first kappa shape index (κ1) is 24.1. The van der Waals surface area contributed by atoms with Gasteiger partial charge in [-0.05, 0) is 25.7 Å². The molecule has 9 heteroatoms. The predicted octanol–water partition coefficient (Wildman–Crippen LogP) is 2.29. The lowest BCUT2D eigenvalue weighted by atomic mass is 10.4. The normalized spacial score (nSPS) is 8.87. The van der Waals surface area contributed by atoms with Crippen molar-refractivity contribution in [3.63, 3.8) is 0 Å². The molecule has 0 aromatic heterocycles. The van der Waals surface area contributed by atoms with Gasteiger partial charge in [-0.2, -0.15) is 0 Å². The minimum atomic E-state index is -1.05. The zero-order valence-corrected chi connectivity index (χ0v) is 14.3. The Labute approximate surface area is 145 Å². The van der Waals surface area contributed by atoms with Crippen LogP contribution in [0.3, 0.4) is 0 Å². The molecule has 0 bridgehead atoms. The van der Waals surface area contributed by atoms with Gasteiger partial charge in [0.1, 0.15) is 13.2 Å². The molecule has 0 aliphatic carbocycles. The number of unbranched alkanes of at least 4 members (excludes halogenated alkanes) is 2. The van der Waals surface area contributed by atoms with Gasteiger partial charge in [-0.15, -0.1) is 23.2 Å². The van der Waals surface area contributed by atoms with Crippen molar-refractivity contribution in [2.24, 2.45) is 0 Å². The van der Waals surface area contributed by atoms with Crippen molar-refractivity contribution in [3.8, 4) is 11.8 Å². The van der Waals surface area contributed by atoms with Gasteiger partial charge >= 0.3 is 12.3 Å². The lowest BCUT2D eigenvalue weighted by Gasteiger charge is -2.05. The Bertz CT molecular complexity index is 323. The van der Waals surface area contributed by atoms with Crippen molar-refractivity contribution in [3.05, 3.63) is 0 Å². The SMILES string of the molecule is O=C(OCCCCCl)OC(=O)OCCCCCl.OCC#CCO. The number of alkyl halides is 2. The number of hydrogen-bond donors (Lipinski definition) is 2. The molecule has 2 N–H and O–H groups in total. The summed E-state index contributed by atoms with van der Waals surface area (Å²) < 4.78 is 13.4. The number of carbonyl (C=O) groups is 2. The molecule has 134 valence electrons. The summed E-state index contributed by atoms with van der Waals surface area (Å²) in [7, 11) is 0. The van der Waals surface area contributed by atoms with Crippen LogP contribution in [0, 0.1) is 11.8 Å². The van der Waals surface area contributed by atoms with Crippen molar-refractivity contribution in [1.29, 1.82) is 0 Å². The van der Waals surface area contributed by atoms with Crippen LogP contribution in [0.2, 0.25) is 0 Å². The van der Waals surface area contributed by atoms with Crippen LogP contribution in [0.15, 0.2) is 0 Å². The van der Waals surface area contributed by atoms with E-state index in [-0.39, 0.29) is 26.4 Å². The first-order valence-corrected chi connectivity index (χ1v) is 8.00. The van der Waals surface area contributed by atoms with Crippen LogP contribution >= 0.6 is 23.2 Å². The van der Waals surface area contributed by atoms with Crippen LogP contribution < -0.4 is 0 Å². The largest absolute Gasteiger partial charge is 0.518 e. The van der Waals surface area contributed by atoms with Crippen LogP contribution in [-0.2, 0) is 14.2 Å². The van der Waals surface area contributed by atoms with Crippen LogP contribution in [0.25, 0.3) is 0 Å². The smallest absolute Gasteiger partial charge is 0.434 e. The van der Waals surface area contributed by atoms with Gasteiger partial charge in [-0.25, -0.2) is 9.59 Å². The summed E-state index contributed by atoms with van der Waals surface area (Å²) in [5, 5.41) is 15.8. The Morgan fingerprint density at radius 1 is 0.783 bits per heavy atom. The monoisotopic (exact) mass is 372 g/mol. The summed E-state index contributed by atoms with van der Waals surface area (Å²) in [6.45, 7) is 0.0112. The summed E-state index contributed by atoms with van der Waals surface area (Å²) in [5.74, 6) is 5.51. The summed E-state index contributed by atoms with van der Waals surface area (Å²) in [4.78, 5) is 21.8. The molecule has 0 saturated heterocycles. The number of rotatable bonds is 8. The van der Waals surface area contributed by atoms with E-state index >= 15 is 0 Å². The zero-order chi connectivity index (χ0) is 17.8. The molecular weight excluding hydrogens is 351 g/mol. The van der Waals surface area contributed by atoms with Gasteiger partial charge in [0.05, 0.1) is 13.2 Å². The number of aliphatic hydroxyl groups excluding tert-OH is 2. The van der Waals surface area contributed by atoms with E-state index in [0.29, 0.717) is 24.6 Å². The van der Waals surface area contributed by atoms with E-state index in [1.807, 2.05) is 0 Å². The first-order chi connectivity index (χ1) is 11.1. The molecule has 0 heterocycles. The van der Waals surface area contributed by atoms with E-state index in [1.165, 1.54) is 0 Å². The lowest BCUT2D eigenvalue weighted by molar-refractivity contribution is 0.0357. The third-order valence-corrected chi connectivity index (χ3v) is 2.48. The van der Waals surface area contributed by atoms with E-state index in [9.17, 15) is 9.59 Å². The molecule has 7 nitrogen and oxygen atoms in total. The second-order valence-corrected chi connectivity index (χ2v) is 4.52. The van der Waals surface area contributed by atoms with E-state index in [0.717, 1.165) is 12.8 Å². The summed E-state index contributed by atoms with van der Waals surface area (Å²) in [5.41, 5.74) is 0. The van der Waals surface area contributed by atoms with E-state index in [4.69, 9.17) is 33.4 Å². The molecule has 0 aromatic carbocycles. The summed E-state index contributed by atoms with van der Waals surface area (Å²) in [6.07, 6.45) is 0.617. The number of carbonyl (C=O) groups excluding carboxylic acids is 2. The Morgan fingerprint density at radius 2 is 1.17 bits per heavy atom. The molecule has 0 rings (SSSR count). The molecule has 0 atom stereocenters. The average Bonchev–Trinajstić information content (AvgIpc) is 2.54. The highest BCUT2D eigenvalue weighted by molar-refractivity contribution is 6.18. The maximum absolute atomic E-state index is 10.9. The molecule has 0 aliphatic rings. The molecule has 0 aromatic rings. The van der Waals surface area contributed by atoms with Gasteiger partial charge in [-0.3, -0.25) is 0 Å². The summed E-state index contributed by atoms with van der Waals surface area (Å²) >= 11 is 10.9. The minimum absolute atomic E-state index is 0.166. The van der Waals surface area contributed by atoms with E-state index in [2.05, 4.69) is 26.1 Å². The summed E-state index contributed by atoms with van der Waals surface area (Å²) in [6, 6.07) is 0. The number of hydrogen-bond acceptors (Lipinski definition) is 7. The minimum Gasteiger partial charge on any atom is -0.434 e. The molecule has 0 saturated carbocycles. The fourth-order valence-electron chi connectivity index (χ4n) is 0.943. The van der Waals surface area contributed by atoms with Gasteiger partial charge in [0.2, 0.25) is 0 Å². The molecule has 0 spiro atoms. The Hall–Kier alpha value is -1.20. The van der Waals surface area contributed by atoms with Gasteiger partial charge in [0, 0.05) is 11.8 Å². The molecular formula is C14H22Cl2O7. The molecule has 0 unspecified atom stereocenters. The van der Waals surface area contributed by atoms with E-state index < -0.39 is 12.3 Å². The highest BCUT2D eigenvalue weighted by atomic mass is 35.5. The van der Waals surface area contributed by atoms with Gasteiger partial charge in [0.25, 0.3) is 0 Å². The Morgan fingerprint density at radius 3 is 1.48 bits per heavy atom. The van der Waals surface area contributed by atoms with Gasteiger partial charge in [-0.1, -0.05) is 11.8 Å². The second kappa shape index (κ2) is 20.8. The predicted molar refractivity (Wildman–Crippen MR) is 85.6 cm³/mol. The number of halogens is 2. The van der Waals surface area contributed by atoms with Crippen LogP contribution in [0.4, 0.5) is 9.59 Å². The average molecular weight is 373 g/mol. The molecule has 23 heavy (non-hydrogen) atoms. The topological polar surface area (TPSA) is 102 Å². The molecule has 0 amide bonds. The van der Waals surface area contributed by atoms with Crippen LogP contribution in [-0.4, -0.2) is 60.7 Å². The third-order valence-electron chi connectivity index (χ3n) is 1.95. The van der Waals surface area contributed by atoms with Crippen molar-refractivity contribution in [2.45, 2.75) is 25.7 Å². The maximum Gasteiger partial charge on any atom is 0.518 e. The number of aliphatic hydroxyl groups is 2. The first-order valence-electron chi connectivity index (χ1n) is 6.93. The third kappa shape index (κ3) is 23.2. The van der Waals surface area contributed by atoms with E-state index in [1.54, 1.807) is 0 Å². The van der Waals surface area contributed by atoms with Crippen LogP contribution in [0.1, 0.15) is 25.7 Å². The quantitative estimate of drug-likeness (QED) is 0.221. The maximum atomic E-state index is 10.9. The van der Waals surface area contributed by atoms with Crippen LogP contribution in [0.5, 0.6) is 0 Å². The Balaban J connectivity index is 0. The second-order valence-electron chi connectivity index (χ2n) is 3.76.